The molecule has 0 bridgehead atoms. The lowest BCUT2D eigenvalue weighted by Crippen LogP contribution is -2.33. The molecule has 2 heterocycles. The lowest BCUT2D eigenvalue weighted by Gasteiger charge is -2.24. The number of nitrogens with one attached hydrogen (secondary N) is 1. The van der Waals surface area contributed by atoms with Crippen LogP contribution in [0.2, 0.25) is 5.02 Å². The zero-order valence-electron chi connectivity index (χ0n) is 16.6. The molecule has 2 atom stereocenters. The summed E-state index contributed by atoms with van der Waals surface area (Å²) in [6.45, 7) is 8.05. The van der Waals surface area contributed by atoms with Crippen molar-refractivity contribution in [3.63, 3.8) is 0 Å². The summed E-state index contributed by atoms with van der Waals surface area (Å²) in [5, 5.41) is 13.4. The monoisotopic (exact) mass is 407 g/mol. The summed E-state index contributed by atoms with van der Waals surface area (Å²) in [6.07, 6.45) is 2.46. The number of piperidine rings is 1. The molecule has 4 rings (SSSR count). The Hall–Kier alpha value is -1.50. The number of rotatable bonds is 6. The molecule has 1 amide bonds. The Morgan fingerprint density at radius 1 is 1.43 bits per heavy atom. The maximum Gasteiger partial charge on any atom is 0.255 e. The summed E-state index contributed by atoms with van der Waals surface area (Å²) in [4.78, 5) is 15.2. The normalized spacial score (nSPS) is 26.4. The summed E-state index contributed by atoms with van der Waals surface area (Å²) in [5.41, 5.74) is 7.33. The van der Waals surface area contributed by atoms with Crippen LogP contribution in [0.25, 0.3) is 0 Å². The lowest BCUT2D eigenvalue weighted by molar-refractivity contribution is 0.0585. The molecule has 1 aromatic carbocycles. The maximum absolute atomic E-state index is 12.8. The van der Waals surface area contributed by atoms with Gasteiger partial charge in [-0.2, -0.15) is 0 Å². The second-order valence-electron chi connectivity index (χ2n) is 9.10. The fourth-order valence-electron chi connectivity index (χ4n) is 4.66. The van der Waals surface area contributed by atoms with Crippen LogP contribution in [0.1, 0.15) is 42.6 Å². The van der Waals surface area contributed by atoms with Gasteiger partial charge in [-0.1, -0.05) is 11.6 Å². The molecule has 3 aliphatic rings. The van der Waals surface area contributed by atoms with E-state index in [9.17, 15) is 9.90 Å². The Kier molecular flexibility index (Phi) is 5.23. The topological polar surface area (TPSA) is 87.8 Å². The van der Waals surface area contributed by atoms with Crippen LogP contribution in [0.3, 0.4) is 0 Å². The average molecular weight is 408 g/mol. The first-order chi connectivity index (χ1) is 13.2. The van der Waals surface area contributed by atoms with Crippen LogP contribution in [-0.2, 0) is 6.42 Å². The molecule has 1 aliphatic carbocycles. The van der Waals surface area contributed by atoms with E-state index in [0.29, 0.717) is 52.9 Å². The first kappa shape index (κ1) is 19.8. The average Bonchev–Trinajstić information content (AvgIpc) is 3.10. The zero-order valence-corrected chi connectivity index (χ0v) is 17.4. The molecule has 0 aromatic heterocycles. The highest BCUT2D eigenvalue weighted by Gasteiger charge is 2.55. The highest BCUT2D eigenvalue weighted by molar-refractivity contribution is 6.33. The van der Waals surface area contributed by atoms with Crippen LogP contribution in [0, 0.1) is 17.8 Å². The number of likely N-dealkylation sites (tertiary alicyclic amines) is 1. The third-order valence-corrected chi connectivity index (χ3v) is 6.73. The van der Waals surface area contributed by atoms with E-state index in [1.54, 1.807) is 6.07 Å². The van der Waals surface area contributed by atoms with Gasteiger partial charge in [-0.3, -0.25) is 4.79 Å². The van der Waals surface area contributed by atoms with Gasteiger partial charge in [0.2, 0.25) is 0 Å². The molecule has 7 heteroatoms. The van der Waals surface area contributed by atoms with Crippen molar-refractivity contribution < 1.29 is 14.6 Å². The van der Waals surface area contributed by atoms with E-state index in [0.717, 1.165) is 44.5 Å². The first-order valence-electron chi connectivity index (χ1n) is 10.2. The molecule has 154 valence electrons. The van der Waals surface area contributed by atoms with Crippen LogP contribution >= 0.6 is 11.6 Å². The SMILES string of the molecule is CC(C)(O)CCN1CC2C(CNC(=O)c3cc(Cl)c(N)c4c3OCCC4)C2C1. The molecule has 28 heavy (non-hydrogen) atoms. The third kappa shape index (κ3) is 3.95. The van der Waals surface area contributed by atoms with E-state index in [-0.39, 0.29) is 5.91 Å². The number of halogens is 1. The van der Waals surface area contributed by atoms with Gasteiger partial charge in [-0.15, -0.1) is 0 Å². The molecule has 0 spiro atoms. The van der Waals surface area contributed by atoms with Gasteiger partial charge in [-0.25, -0.2) is 0 Å². The van der Waals surface area contributed by atoms with Crippen LogP contribution < -0.4 is 15.8 Å². The Morgan fingerprint density at radius 3 is 2.82 bits per heavy atom. The van der Waals surface area contributed by atoms with Crippen molar-refractivity contribution in [3.8, 4) is 5.75 Å². The molecule has 2 fully saturated rings. The van der Waals surface area contributed by atoms with Gasteiger partial charge >= 0.3 is 0 Å². The summed E-state index contributed by atoms with van der Waals surface area (Å²) < 4.78 is 5.75. The number of carbonyl (C=O) groups excluding carboxylic acids is 1. The van der Waals surface area contributed by atoms with E-state index in [1.807, 2.05) is 13.8 Å². The van der Waals surface area contributed by atoms with Crippen molar-refractivity contribution >= 4 is 23.2 Å². The number of aliphatic hydroxyl groups is 1. The number of hydrogen-bond acceptors (Lipinski definition) is 5. The number of carbonyl (C=O) groups is 1. The lowest BCUT2D eigenvalue weighted by atomic mass is 9.99. The fourth-order valence-corrected chi connectivity index (χ4v) is 4.89. The van der Waals surface area contributed by atoms with Gasteiger partial charge in [0, 0.05) is 31.7 Å². The van der Waals surface area contributed by atoms with Gasteiger partial charge in [0.1, 0.15) is 5.75 Å². The number of fused-ring (bicyclic) bond motifs is 2. The number of anilines is 1. The third-order valence-electron chi connectivity index (χ3n) is 6.42. The zero-order chi connectivity index (χ0) is 20.1. The van der Waals surface area contributed by atoms with E-state index < -0.39 is 5.60 Å². The fraction of sp³-hybridized carbons (Fsp3) is 0.667. The summed E-state index contributed by atoms with van der Waals surface area (Å²) in [7, 11) is 0. The van der Waals surface area contributed by atoms with Crippen molar-refractivity contribution in [2.45, 2.75) is 38.7 Å². The number of nitrogens with two attached hydrogens (primary N) is 1. The van der Waals surface area contributed by atoms with Gasteiger partial charge < -0.3 is 25.8 Å². The summed E-state index contributed by atoms with van der Waals surface area (Å²) >= 11 is 6.24. The van der Waals surface area contributed by atoms with Gasteiger partial charge in [-0.05, 0) is 56.9 Å². The van der Waals surface area contributed by atoms with Crippen molar-refractivity contribution in [1.29, 1.82) is 0 Å². The Morgan fingerprint density at radius 2 is 2.14 bits per heavy atom. The standard InChI is InChI=1S/C21H30ClN3O3/c1-21(2,27)5-6-25-10-15-14(16(15)11-25)9-24-20(26)13-8-17(22)18(23)12-4-3-7-28-19(12)13/h8,14-16,27H,3-7,9-11,23H2,1-2H3,(H,24,26). The Labute approximate surface area is 171 Å². The van der Waals surface area contributed by atoms with Gasteiger partial charge in [0.25, 0.3) is 5.91 Å². The molecule has 2 unspecified atom stereocenters. The molecule has 1 saturated heterocycles. The van der Waals surface area contributed by atoms with Crippen LogP contribution in [0.15, 0.2) is 6.07 Å². The molecular formula is C21H30ClN3O3. The number of ether oxygens (including phenoxy) is 1. The summed E-state index contributed by atoms with van der Waals surface area (Å²) in [6, 6.07) is 1.63. The van der Waals surface area contributed by atoms with Crippen LogP contribution in [0.5, 0.6) is 5.75 Å². The van der Waals surface area contributed by atoms with Crippen LogP contribution in [0.4, 0.5) is 5.69 Å². The number of amides is 1. The van der Waals surface area contributed by atoms with Gasteiger partial charge in [0.05, 0.1) is 28.5 Å². The smallest absolute Gasteiger partial charge is 0.255 e. The second-order valence-corrected chi connectivity index (χ2v) is 9.51. The first-order valence-corrected chi connectivity index (χ1v) is 10.6. The van der Waals surface area contributed by atoms with Crippen molar-refractivity contribution in [3.05, 3.63) is 22.2 Å². The molecule has 0 radical (unpaired) electrons. The molecular weight excluding hydrogens is 378 g/mol. The van der Waals surface area contributed by atoms with Crippen molar-refractivity contribution in [1.82, 2.24) is 10.2 Å². The van der Waals surface area contributed by atoms with Gasteiger partial charge in [0.15, 0.2) is 0 Å². The van der Waals surface area contributed by atoms with E-state index in [1.165, 1.54) is 0 Å². The predicted octanol–water partition coefficient (Wildman–Crippen LogP) is 2.32. The minimum absolute atomic E-state index is 0.135. The summed E-state index contributed by atoms with van der Waals surface area (Å²) in [5.74, 6) is 2.32. The molecule has 1 aromatic rings. The number of nitrogen functional groups attached to an aromatic ring is 1. The largest absolute Gasteiger partial charge is 0.492 e. The highest BCUT2D eigenvalue weighted by Crippen LogP contribution is 2.51. The molecule has 2 aliphatic heterocycles. The molecule has 1 saturated carbocycles. The molecule has 4 N–H and O–H groups in total. The van der Waals surface area contributed by atoms with E-state index in [2.05, 4.69) is 10.2 Å². The second kappa shape index (κ2) is 7.39. The van der Waals surface area contributed by atoms with E-state index >= 15 is 0 Å². The minimum atomic E-state index is -0.609. The van der Waals surface area contributed by atoms with Crippen molar-refractivity contribution in [2.24, 2.45) is 17.8 Å². The maximum atomic E-state index is 12.8. The van der Waals surface area contributed by atoms with Crippen molar-refractivity contribution in [2.75, 3.05) is 38.5 Å². The Balaban J connectivity index is 1.31. The number of benzene rings is 1. The van der Waals surface area contributed by atoms with E-state index in [4.69, 9.17) is 22.1 Å². The Bertz CT molecular complexity index is 765. The minimum Gasteiger partial charge on any atom is -0.492 e. The van der Waals surface area contributed by atoms with Crippen LogP contribution in [-0.4, -0.2) is 54.3 Å². The molecule has 6 nitrogen and oxygen atoms in total. The quantitative estimate of drug-likeness (QED) is 0.630. The number of hydrogen-bond donors (Lipinski definition) is 3. The highest BCUT2D eigenvalue weighted by atomic mass is 35.5. The predicted molar refractivity (Wildman–Crippen MR) is 110 cm³/mol. The number of nitrogens with zero attached hydrogens (tertiary/aromatic N) is 1.